The first-order chi connectivity index (χ1) is 11.1. The van der Waals surface area contributed by atoms with Gasteiger partial charge in [0.2, 0.25) is 0 Å². The second kappa shape index (κ2) is 9.48. The van der Waals surface area contributed by atoms with Crippen LogP contribution in [-0.4, -0.2) is 67.1 Å². The lowest BCUT2D eigenvalue weighted by Gasteiger charge is -2.28. The van der Waals surface area contributed by atoms with Crippen molar-refractivity contribution in [2.75, 3.05) is 39.3 Å². The van der Waals surface area contributed by atoms with Gasteiger partial charge < -0.3 is 11.1 Å². The van der Waals surface area contributed by atoms with E-state index in [1.165, 1.54) is 51.7 Å². The molecule has 0 aromatic rings. The summed E-state index contributed by atoms with van der Waals surface area (Å²) in [6, 6.07) is 1.18. The van der Waals surface area contributed by atoms with Crippen molar-refractivity contribution in [3.8, 4) is 0 Å². The van der Waals surface area contributed by atoms with E-state index < -0.39 is 0 Å². The SMILES string of the molecule is CCN1CCCC1CNC(N)=NCC(CC(C)C)N1CCCC1. The van der Waals surface area contributed by atoms with Crippen LogP contribution in [-0.2, 0) is 0 Å². The highest BCUT2D eigenvalue weighted by atomic mass is 15.2. The van der Waals surface area contributed by atoms with Gasteiger partial charge in [-0.15, -0.1) is 0 Å². The van der Waals surface area contributed by atoms with Crippen molar-refractivity contribution in [1.82, 2.24) is 15.1 Å². The summed E-state index contributed by atoms with van der Waals surface area (Å²) in [4.78, 5) is 9.79. The van der Waals surface area contributed by atoms with Crippen molar-refractivity contribution in [3.63, 3.8) is 0 Å². The Balaban J connectivity index is 1.78. The smallest absolute Gasteiger partial charge is 0.188 e. The van der Waals surface area contributed by atoms with E-state index >= 15 is 0 Å². The van der Waals surface area contributed by atoms with Crippen LogP contribution < -0.4 is 11.1 Å². The average molecular weight is 324 g/mol. The van der Waals surface area contributed by atoms with Crippen molar-refractivity contribution >= 4 is 5.96 Å². The summed E-state index contributed by atoms with van der Waals surface area (Å²) in [5.74, 6) is 1.34. The van der Waals surface area contributed by atoms with Gasteiger partial charge in [0.25, 0.3) is 0 Å². The zero-order valence-electron chi connectivity index (χ0n) is 15.4. The summed E-state index contributed by atoms with van der Waals surface area (Å²) < 4.78 is 0. The minimum absolute atomic E-state index is 0.552. The quantitative estimate of drug-likeness (QED) is 0.529. The third-order valence-corrected chi connectivity index (χ3v) is 5.30. The molecule has 2 aliphatic rings. The van der Waals surface area contributed by atoms with Crippen LogP contribution in [0, 0.1) is 5.92 Å². The Bertz CT molecular complexity index is 362. The molecule has 5 nitrogen and oxygen atoms in total. The predicted molar refractivity (Wildman–Crippen MR) is 98.8 cm³/mol. The normalized spacial score (nSPS) is 25.4. The lowest BCUT2D eigenvalue weighted by atomic mass is 10.0. The second-order valence-electron chi connectivity index (χ2n) is 7.56. The summed E-state index contributed by atoms with van der Waals surface area (Å²) in [7, 11) is 0. The molecule has 0 saturated carbocycles. The molecule has 2 atom stereocenters. The minimum Gasteiger partial charge on any atom is -0.370 e. The number of nitrogens with zero attached hydrogens (tertiary/aromatic N) is 3. The van der Waals surface area contributed by atoms with Crippen molar-refractivity contribution in [1.29, 1.82) is 0 Å². The lowest BCUT2D eigenvalue weighted by Crippen LogP contribution is -2.43. The molecule has 0 spiro atoms. The molecule has 0 aromatic carbocycles. The highest BCUT2D eigenvalue weighted by Crippen LogP contribution is 2.18. The fraction of sp³-hybridized carbons (Fsp3) is 0.944. The fourth-order valence-electron chi connectivity index (χ4n) is 4.01. The zero-order valence-corrected chi connectivity index (χ0v) is 15.4. The largest absolute Gasteiger partial charge is 0.370 e. The number of rotatable bonds is 8. The minimum atomic E-state index is 0.552. The standard InChI is InChI=1S/C18H37N5/c1-4-22-11-7-8-16(22)13-20-18(19)21-14-17(12-15(2)3)23-9-5-6-10-23/h15-17H,4-14H2,1-3H3,(H3,19,20,21). The van der Waals surface area contributed by atoms with Crippen LogP contribution in [0.25, 0.3) is 0 Å². The Morgan fingerprint density at radius 3 is 2.61 bits per heavy atom. The van der Waals surface area contributed by atoms with Gasteiger partial charge in [0.15, 0.2) is 5.96 Å². The Labute approximate surface area is 142 Å². The van der Waals surface area contributed by atoms with Gasteiger partial charge in [-0.2, -0.15) is 0 Å². The van der Waals surface area contributed by atoms with Crippen molar-refractivity contribution in [2.24, 2.45) is 16.6 Å². The highest BCUT2D eigenvalue weighted by molar-refractivity contribution is 5.77. The van der Waals surface area contributed by atoms with Gasteiger partial charge in [0, 0.05) is 18.6 Å². The summed E-state index contributed by atoms with van der Waals surface area (Å²) in [5.41, 5.74) is 6.12. The molecule has 5 heteroatoms. The first-order valence-electron chi connectivity index (χ1n) is 9.62. The van der Waals surface area contributed by atoms with E-state index in [9.17, 15) is 0 Å². The first-order valence-corrected chi connectivity index (χ1v) is 9.62. The van der Waals surface area contributed by atoms with Crippen molar-refractivity contribution in [2.45, 2.75) is 65.0 Å². The molecular weight excluding hydrogens is 286 g/mol. The molecule has 0 radical (unpaired) electrons. The number of nitrogens with one attached hydrogen (secondary N) is 1. The van der Waals surface area contributed by atoms with Gasteiger partial charge in [-0.05, 0) is 64.2 Å². The first kappa shape index (κ1) is 18.5. The fourth-order valence-corrected chi connectivity index (χ4v) is 4.01. The molecule has 2 rings (SSSR count). The van der Waals surface area contributed by atoms with E-state index in [0.29, 0.717) is 24.0 Å². The molecule has 0 bridgehead atoms. The molecule has 2 heterocycles. The summed E-state index contributed by atoms with van der Waals surface area (Å²) in [5, 5.41) is 3.36. The zero-order chi connectivity index (χ0) is 16.7. The van der Waals surface area contributed by atoms with Crippen LogP contribution >= 0.6 is 0 Å². The Morgan fingerprint density at radius 1 is 1.22 bits per heavy atom. The van der Waals surface area contributed by atoms with Crippen LogP contribution in [0.1, 0.15) is 52.9 Å². The number of guanidine groups is 1. The van der Waals surface area contributed by atoms with Gasteiger partial charge in [-0.1, -0.05) is 20.8 Å². The molecule has 3 N–H and O–H groups in total. The number of aliphatic imine (C=N–C) groups is 1. The molecule has 0 aliphatic carbocycles. The Hall–Kier alpha value is -0.810. The summed E-state index contributed by atoms with van der Waals surface area (Å²) in [6.07, 6.45) is 6.46. The van der Waals surface area contributed by atoms with Crippen LogP contribution in [0.2, 0.25) is 0 Å². The van der Waals surface area contributed by atoms with Crippen molar-refractivity contribution < 1.29 is 0 Å². The van der Waals surface area contributed by atoms with E-state index in [1.807, 2.05) is 0 Å². The van der Waals surface area contributed by atoms with E-state index in [-0.39, 0.29) is 0 Å². The van der Waals surface area contributed by atoms with E-state index in [4.69, 9.17) is 5.73 Å². The summed E-state index contributed by atoms with van der Waals surface area (Å²) >= 11 is 0. The molecule has 0 aromatic heterocycles. The molecule has 134 valence electrons. The molecule has 2 aliphatic heterocycles. The van der Waals surface area contributed by atoms with E-state index in [1.54, 1.807) is 0 Å². The third-order valence-electron chi connectivity index (χ3n) is 5.30. The number of likely N-dealkylation sites (N-methyl/N-ethyl adjacent to an activating group) is 1. The number of likely N-dealkylation sites (tertiary alicyclic amines) is 2. The van der Waals surface area contributed by atoms with E-state index in [2.05, 4.69) is 40.9 Å². The lowest BCUT2D eigenvalue weighted by molar-refractivity contribution is 0.218. The van der Waals surface area contributed by atoms with Crippen molar-refractivity contribution in [3.05, 3.63) is 0 Å². The number of hydrogen-bond acceptors (Lipinski definition) is 3. The van der Waals surface area contributed by atoms with E-state index in [0.717, 1.165) is 19.6 Å². The predicted octanol–water partition coefficient (Wildman–Crippen LogP) is 1.89. The molecule has 2 fully saturated rings. The maximum Gasteiger partial charge on any atom is 0.188 e. The van der Waals surface area contributed by atoms with Crippen LogP contribution in [0.3, 0.4) is 0 Å². The number of hydrogen-bond donors (Lipinski definition) is 2. The van der Waals surface area contributed by atoms with Gasteiger partial charge in [0.1, 0.15) is 0 Å². The average Bonchev–Trinajstić information content (AvgIpc) is 3.19. The van der Waals surface area contributed by atoms with Gasteiger partial charge in [-0.25, -0.2) is 0 Å². The molecular formula is C18H37N5. The molecule has 2 unspecified atom stereocenters. The molecule has 23 heavy (non-hydrogen) atoms. The van der Waals surface area contributed by atoms with Gasteiger partial charge in [0.05, 0.1) is 6.54 Å². The maximum absolute atomic E-state index is 6.12. The van der Waals surface area contributed by atoms with Crippen LogP contribution in [0.15, 0.2) is 4.99 Å². The third kappa shape index (κ3) is 5.96. The van der Waals surface area contributed by atoms with Crippen LogP contribution in [0.5, 0.6) is 0 Å². The highest BCUT2D eigenvalue weighted by Gasteiger charge is 2.24. The molecule has 2 saturated heterocycles. The van der Waals surface area contributed by atoms with Gasteiger partial charge >= 0.3 is 0 Å². The number of nitrogens with two attached hydrogens (primary N) is 1. The maximum atomic E-state index is 6.12. The van der Waals surface area contributed by atoms with Crippen LogP contribution in [0.4, 0.5) is 0 Å². The summed E-state index contributed by atoms with van der Waals surface area (Å²) in [6.45, 7) is 13.4. The monoisotopic (exact) mass is 323 g/mol. The topological polar surface area (TPSA) is 56.9 Å². The second-order valence-corrected chi connectivity index (χ2v) is 7.56. The molecule has 0 amide bonds. The Morgan fingerprint density at radius 2 is 1.96 bits per heavy atom. The van der Waals surface area contributed by atoms with Gasteiger partial charge in [-0.3, -0.25) is 14.8 Å². The Kier molecular flexibility index (Phi) is 7.63.